The molecule has 1 aliphatic heterocycles. The average Bonchev–Trinajstić information content (AvgIpc) is 3.33. The van der Waals surface area contributed by atoms with Gasteiger partial charge in [-0.2, -0.15) is 5.10 Å². The summed E-state index contributed by atoms with van der Waals surface area (Å²) in [6, 6.07) is 4.88. The van der Waals surface area contributed by atoms with Crippen LogP contribution in [0.25, 0.3) is 5.52 Å². The molecule has 206 valence electrons. The van der Waals surface area contributed by atoms with E-state index in [-0.39, 0.29) is 11.6 Å². The molecular formula is C27H39BFN3O5Si. The number of nitrogens with zero attached hydrogens (tertiary/aromatic N) is 3. The second-order valence-corrected chi connectivity index (χ2v) is 17.1. The number of rotatable bonds is 8. The van der Waals surface area contributed by atoms with Crippen molar-refractivity contribution in [2.45, 2.75) is 83.9 Å². The molecule has 0 aromatic carbocycles. The number of hydrogen-bond acceptors (Lipinski definition) is 7. The lowest BCUT2D eigenvalue weighted by Gasteiger charge is -2.37. The fourth-order valence-corrected chi connectivity index (χ4v) is 4.84. The van der Waals surface area contributed by atoms with Crippen LogP contribution in [-0.4, -0.2) is 55.0 Å². The van der Waals surface area contributed by atoms with Crippen LogP contribution in [0.15, 0.2) is 36.8 Å². The molecule has 0 radical (unpaired) electrons. The van der Waals surface area contributed by atoms with Crippen LogP contribution in [0.1, 0.15) is 60.3 Å². The van der Waals surface area contributed by atoms with Gasteiger partial charge in [-0.05, 0) is 64.0 Å². The van der Waals surface area contributed by atoms with Crippen LogP contribution in [0.3, 0.4) is 0 Å². The molecule has 38 heavy (non-hydrogen) atoms. The van der Waals surface area contributed by atoms with Gasteiger partial charge in [0, 0.05) is 11.7 Å². The van der Waals surface area contributed by atoms with Crippen molar-refractivity contribution in [2.75, 3.05) is 13.7 Å². The highest BCUT2D eigenvalue weighted by atomic mass is 28.4. The Balaban J connectivity index is 1.76. The van der Waals surface area contributed by atoms with Gasteiger partial charge in [-0.15, -0.1) is 0 Å². The van der Waals surface area contributed by atoms with Gasteiger partial charge in [0.1, 0.15) is 11.6 Å². The number of aromatic nitrogens is 3. The Morgan fingerprint density at radius 1 is 1.08 bits per heavy atom. The largest absolute Gasteiger partial charge is 0.496 e. The number of pyridine rings is 2. The van der Waals surface area contributed by atoms with Crippen LogP contribution >= 0.6 is 0 Å². The molecule has 3 aromatic rings. The summed E-state index contributed by atoms with van der Waals surface area (Å²) in [6.45, 7) is 19.2. The van der Waals surface area contributed by atoms with E-state index >= 15 is 0 Å². The van der Waals surface area contributed by atoms with Gasteiger partial charge < -0.3 is 23.2 Å². The zero-order valence-corrected chi connectivity index (χ0v) is 25.1. The molecule has 0 saturated carbocycles. The minimum absolute atomic E-state index is 0.00633. The second kappa shape index (κ2) is 9.93. The van der Waals surface area contributed by atoms with E-state index in [4.69, 9.17) is 23.2 Å². The summed E-state index contributed by atoms with van der Waals surface area (Å²) >= 11 is 0. The molecule has 0 spiro atoms. The maximum atomic E-state index is 13.7. The summed E-state index contributed by atoms with van der Waals surface area (Å²) in [6.07, 6.45) is 4.06. The number of halogens is 1. The lowest BCUT2D eigenvalue weighted by Crippen LogP contribution is -2.42. The van der Waals surface area contributed by atoms with E-state index in [9.17, 15) is 4.39 Å². The highest BCUT2D eigenvalue weighted by molar-refractivity contribution is 6.74. The molecule has 1 aliphatic rings. The summed E-state index contributed by atoms with van der Waals surface area (Å²) < 4.78 is 46.8. The Bertz CT molecular complexity index is 1270. The average molecular weight is 544 g/mol. The first-order chi connectivity index (χ1) is 17.5. The minimum Gasteiger partial charge on any atom is -0.493 e. The van der Waals surface area contributed by atoms with Gasteiger partial charge in [-0.1, -0.05) is 20.8 Å². The van der Waals surface area contributed by atoms with Crippen LogP contribution in [0.2, 0.25) is 18.1 Å². The van der Waals surface area contributed by atoms with Crippen LogP contribution in [0.5, 0.6) is 11.5 Å². The molecule has 0 unspecified atom stereocenters. The third-order valence-electron chi connectivity index (χ3n) is 8.06. The van der Waals surface area contributed by atoms with Gasteiger partial charge in [-0.3, -0.25) is 4.98 Å². The Morgan fingerprint density at radius 3 is 2.29 bits per heavy atom. The molecule has 0 aliphatic carbocycles. The quantitative estimate of drug-likeness (QED) is 0.356. The third kappa shape index (κ3) is 5.47. The molecule has 3 aromatic heterocycles. The summed E-state index contributed by atoms with van der Waals surface area (Å²) in [4.78, 5) is 4.32. The van der Waals surface area contributed by atoms with Crippen molar-refractivity contribution in [3.05, 3.63) is 48.3 Å². The van der Waals surface area contributed by atoms with Crippen molar-refractivity contribution < 1.29 is 27.6 Å². The van der Waals surface area contributed by atoms with E-state index in [1.807, 2.05) is 40.0 Å². The lowest BCUT2D eigenvalue weighted by molar-refractivity contribution is 0.00578. The normalized spacial score (nSPS) is 18.1. The zero-order chi connectivity index (χ0) is 28.1. The Kier molecular flexibility index (Phi) is 7.46. The van der Waals surface area contributed by atoms with Gasteiger partial charge in [0.15, 0.2) is 25.7 Å². The predicted molar refractivity (Wildman–Crippen MR) is 148 cm³/mol. The van der Waals surface area contributed by atoms with E-state index in [0.29, 0.717) is 22.7 Å². The van der Waals surface area contributed by atoms with Crippen molar-refractivity contribution in [1.82, 2.24) is 14.6 Å². The van der Waals surface area contributed by atoms with Gasteiger partial charge in [0.2, 0.25) is 0 Å². The molecule has 0 amide bonds. The number of ether oxygens (including phenoxy) is 2. The van der Waals surface area contributed by atoms with Crippen LogP contribution in [0.4, 0.5) is 4.39 Å². The SMILES string of the molecule is COc1cnn2cc(B3OC(C)(C)C(C)(C)O3)cc(O[C@H](CO[Si](C)(C)C(C)(C)C)c3ccc(F)cn3)c12. The van der Waals surface area contributed by atoms with Gasteiger partial charge in [-0.25, -0.2) is 8.91 Å². The van der Waals surface area contributed by atoms with Gasteiger partial charge >= 0.3 is 7.12 Å². The van der Waals surface area contributed by atoms with Crippen molar-refractivity contribution in [3.8, 4) is 11.5 Å². The Morgan fingerprint density at radius 2 is 1.74 bits per heavy atom. The monoisotopic (exact) mass is 543 g/mol. The summed E-state index contributed by atoms with van der Waals surface area (Å²) in [7, 11) is -1.15. The summed E-state index contributed by atoms with van der Waals surface area (Å²) in [5.41, 5.74) is 0.933. The Hall–Kier alpha value is -2.47. The highest BCUT2D eigenvalue weighted by Gasteiger charge is 2.52. The van der Waals surface area contributed by atoms with E-state index in [1.165, 1.54) is 12.3 Å². The van der Waals surface area contributed by atoms with Crippen molar-refractivity contribution in [1.29, 1.82) is 0 Å². The van der Waals surface area contributed by atoms with E-state index in [0.717, 1.165) is 5.46 Å². The van der Waals surface area contributed by atoms with E-state index < -0.39 is 38.6 Å². The number of methoxy groups -OCH3 is 1. The first kappa shape index (κ1) is 28.5. The zero-order valence-electron chi connectivity index (χ0n) is 24.1. The number of hydrogen-bond donors (Lipinski definition) is 0. The molecular weight excluding hydrogens is 504 g/mol. The number of fused-ring (bicyclic) bond motifs is 1. The summed E-state index contributed by atoms with van der Waals surface area (Å²) in [5.74, 6) is 0.638. The van der Waals surface area contributed by atoms with Gasteiger partial charge in [0.25, 0.3) is 0 Å². The lowest BCUT2D eigenvalue weighted by atomic mass is 9.80. The standard InChI is InChI=1S/C27H39BFN3O5Si/c1-25(2,3)38(9,10)34-17-23(20-12-11-19(29)14-30-20)35-21-13-18(16-32-24(21)22(33-8)15-31-32)28-36-26(4,5)27(6,7)37-28/h11-16,23H,17H2,1-10H3/t23-/m1/s1. The molecule has 8 nitrogen and oxygen atoms in total. The van der Waals surface area contributed by atoms with Crippen molar-refractivity contribution in [3.63, 3.8) is 0 Å². The topological polar surface area (TPSA) is 76.3 Å². The van der Waals surface area contributed by atoms with E-state index in [1.54, 1.807) is 23.9 Å². The fraction of sp³-hybridized carbons (Fsp3) is 0.556. The maximum absolute atomic E-state index is 13.7. The molecule has 0 bridgehead atoms. The first-order valence-corrected chi connectivity index (χ1v) is 15.8. The van der Waals surface area contributed by atoms with E-state index in [2.05, 4.69) is 43.9 Å². The smallest absolute Gasteiger partial charge is 0.493 e. The highest BCUT2D eigenvalue weighted by Crippen LogP contribution is 2.39. The molecule has 1 atom stereocenters. The maximum Gasteiger partial charge on any atom is 0.496 e. The summed E-state index contributed by atoms with van der Waals surface area (Å²) in [5, 5.41) is 4.48. The molecule has 1 saturated heterocycles. The first-order valence-electron chi connectivity index (χ1n) is 12.9. The minimum atomic E-state index is -2.12. The van der Waals surface area contributed by atoms with Crippen LogP contribution in [0, 0.1) is 5.82 Å². The fourth-order valence-electron chi connectivity index (χ4n) is 3.84. The second-order valence-electron chi connectivity index (χ2n) is 12.3. The third-order valence-corrected chi connectivity index (χ3v) is 12.6. The molecule has 4 heterocycles. The van der Waals surface area contributed by atoms with Crippen LogP contribution in [-0.2, 0) is 13.7 Å². The van der Waals surface area contributed by atoms with Crippen LogP contribution < -0.4 is 14.9 Å². The van der Waals surface area contributed by atoms with Gasteiger partial charge in [0.05, 0.1) is 43.0 Å². The molecule has 4 rings (SSSR count). The Labute approximate surface area is 226 Å². The van der Waals surface area contributed by atoms with Crippen molar-refractivity contribution >= 4 is 26.4 Å². The molecule has 11 heteroatoms. The molecule has 1 fully saturated rings. The predicted octanol–water partition coefficient (Wildman–Crippen LogP) is 5.32. The molecule has 0 N–H and O–H groups in total. The van der Waals surface area contributed by atoms with Crippen molar-refractivity contribution in [2.24, 2.45) is 0 Å².